The van der Waals surface area contributed by atoms with Crippen molar-refractivity contribution < 1.29 is 19.4 Å². The Kier molecular flexibility index (Phi) is 3.24. The Labute approximate surface area is 113 Å². The molecule has 2 heterocycles. The number of nitrogens with one attached hydrogen (secondary N) is 1. The van der Waals surface area contributed by atoms with Gasteiger partial charge >= 0.3 is 5.97 Å². The lowest BCUT2D eigenvalue weighted by Crippen LogP contribution is -2.29. The summed E-state index contributed by atoms with van der Waals surface area (Å²) in [7, 11) is 0. The van der Waals surface area contributed by atoms with Gasteiger partial charge in [0.05, 0.1) is 5.69 Å². The van der Waals surface area contributed by atoms with Gasteiger partial charge in [0, 0.05) is 11.3 Å². The first-order valence-electron chi connectivity index (χ1n) is 6.28. The number of carbonyl (C=O) groups excluding carboxylic acids is 1. The van der Waals surface area contributed by atoms with Crippen molar-refractivity contribution in [1.82, 2.24) is 4.98 Å². The van der Waals surface area contributed by atoms with Crippen LogP contribution in [0.25, 0.3) is 0 Å². The van der Waals surface area contributed by atoms with Crippen LogP contribution in [0.15, 0.2) is 5.38 Å². The lowest BCUT2D eigenvalue weighted by atomic mass is 10.2. The van der Waals surface area contributed by atoms with Crippen molar-refractivity contribution in [2.45, 2.75) is 43.8 Å². The van der Waals surface area contributed by atoms with Gasteiger partial charge in [0.25, 0.3) is 5.91 Å². The smallest absolute Gasteiger partial charge is 0.332 e. The molecular weight excluding hydrogens is 268 g/mol. The van der Waals surface area contributed by atoms with E-state index in [1.54, 1.807) is 0 Å². The van der Waals surface area contributed by atoms with Crippen molar-refractivity contribution in [3.63, 3.8) is 0 Å². The zero-order valence-electron chi connectivity index (χ0n) is 10.2. The highest BCUT2D eigenvalue weighted by Crippen LogP contribution is 2.40. The summed E-state index contributed by atoms with van der Waals surface area (Å²) >= 11 is 1.40. The first-order chi connectivity index (χ1) is 9.13. The minimum atomic E-state index is -1.01. The van der Waals surface area contributed by atoms with Gasteiger partial charge in [-0.15, -0.1) is 11.3 Å². The highest BCUT2D eigenvalue weighted by molar-refractivity contribution is 7.13. The monoisotopic (exact) mass is 282 g/mol. The van der Waals surface area contributed by atoms with E-state index in [1.165, 1.54) is 24.2 Å². The largest absolute Gasteiger partial charge is 0.479 e. The molecule has 0 aromatic carbocycles. The number of nitrogens with zero attached hydrogens (tertiary/aromatic N) is 1. The number of carboxylic acid groups (broad SMARTS) is 1. The van der Waals surface area contributed by atoms with Gasteiger partial charge in [-0.05, 0) is 25.7 Å². The lowest BCUT2D eigenvalue weighted by molar-refractivity contribution is -0.150. The van der Waals surface area contributed by atoms with E-state index in [0.717, 1.165) is 5.69 Å². The molecule has 1 aliphatic heterocycles. The maximum absolute atomic E-state index is 11.9. The number of carbonyl (C=O) groups is 2. The molecule has 0 bridgehead atoms. The molecule has 7 heteroatoms. The predicted octanol–water partition coefficient (Wildman–Crippen LogP) is 1.59. The van der Waals surface area contributed by atoms with Gasteiger partial charge in [-0.1, -0.05) is 0 Å². The van der Waals surface area contributed by atoms with E-state index < -0.39 is 18.2 Å². The molecule has 1 aromatic heterocycles. The lowest BCUT2D eigenvalue weighted by Gasteiger charge is -2.09. The van der Waals surface area contributed by atoms with Crippen LogP contribution in [0.1, 0.15) is 37.3 Å². The highest BCUT2D eigenvalue weighted by atomic mass is 32.1. The minimum absolute atomic E-state index is 0.305. The van der Waals surface area contributed by atoms with Gasteiger partial charge in [0.15, 0.2) is 11.2 Å². The summed E-state index contributed by atoms with van der Waals surface area (Å²) in [5.41, 5.74) is 1.04. The third kappa shape index (κ3) is 2.76. The molecule has 1 aliphatic carbocycles. The quantitative estimate of drug-likeness (QED) is 0.875. The van der Waals surface area contributed by atoms with Gasteiger partial charge in [-0.2, -0.15) is 0 Å². The molecule has 6 nitrogen and oxygen atoms in total. The van der Waals surface area contributed by atoms with Crippen LogP contribution in [0.5, 0.6) is 0 Å². The van der Waals surface area contributed by atoms with Crippen molar-refractivity contribution in [3.05, 3.63) is 11.1 Å². The summed E-state index contributed by atoms with van der Waals surface area (Å²) in [5.74, 6) is -0.762. The number of hydrogen-bond acceptors (Lipinski definition) is 5. The SMILES string of the molecule is O=C(O)C1CCC(C(=O)Nc2nc(C3CC3)cs2)O1. The average molecular weight is 282 g/mol. The minimum Gasteiger partial charge on any atom is -0.479 e. The number of aromatic nitrogens is 1. The second-order valence-electron chi connectivity index (χ2n) is 4.87. The molecule has 2 unspecified atom stereocenters. The molecule has 1 saturated carbocycles. The topological polar surface area (TPSA) is 88.5 Å². The predicted molar refractivity (Wildman–Crippen MR) is 68.2 cm³/mol. The van der Waals surface area contributed by atoms with Crippen LogP contribution in [-0.4, -0.2) is 34.2 Å². The molecular formula is C12H14N2O4S. The van der Waals surface area contributed by atoms with Crippen molar-refractivity contribution in [2.24, 2.45) is 0 Å². The number of amides is 1. The maximum Gasteiger partial charge on any atom is 0.332 e. The van der Waals surface area contributed by atoms with E-state index in [9.17, 15) is 9.59 Å². The summed E-state index contributed by atoms with van der Waals surface area (Å²) in [6.07, 6.45) is 1.60. The second kappa shape index (κ2) is 4.90. The molecule has 19 heavy (non-hydrogen) atoms. The van der Waals surface area contributed by atoms with Crippen molar-refractivity contribution in [3.8, 4) is 0 Å². The molecule has 2 N–H and O–H groups in total. The maximum atomic E-state index is 11.9. The van der Waals surface area contributed by atoms with Gasteiger partial charge < -0.3 is 9.84 Å². The molecule has 2 aliphatic rings. The van der Waals surface area contributed by atoms with Crippen LogP contribution in [0.2, 0.25) is 0 Å². The summed E-state index contributed by atoms with van der Waals surface area (Å²) in [6.45, 7) is 0. The Hall–Kier alpha value is -1.47. The third-order valence-corrected chi connectivity index (χ3v) is 4.11. The Bertz CT molecular complexity index is 512. The first kappa shape index (κ1) is 12.6. The zero-order chi connectivity index (χ0) is 13.4. The van der Waals surface area contributed by atoms with E-state index in [1.807, 2.05) is 5.38 Å². The first-order valence-corrected chi connectivity index (χ1v) is 7.16. The van der Waals surface area contributed by atoms with Crippen molar-refractivity contribution in [2.75, 3.05) is 5.32 Å². The molecule has 0 radical (unpaired) electrons. The number of aliphatic carboxylic acids is 1. The Balaban J connectivity index is 1.57. The summed E-state index contributed by atoms with van der Waals surface area (Å²) in [5, 5.41) is 14.0. The molecule has 2 fully saturated rings. The van der Waals surface area contributed by atoms with Gasteiger partial charge in [0.2, 0.25) is 0 Å². The van der Waals surface area contributed by atoms with E-state index in [4.69, 9.17) is 9.84 Å². The van der Waals surface area contributed by atoms with Crippen LogP contribution >= 0.6 is 11.3 Å². The number of hydrogen-bond donors (Lipinski definition) is 2. The third-order valence-electron chi connectivity index (χ3n) is 3.34. The summed E-state index contributed by atoms with van der Waals surface area (Å²) in [4.78, 5) is 27.0. The second-order valence-corrected chi connectivity index (χ2v) is 5.73. The number of carboxylic acids is 1. The Morgan fingerprint density at radius 1 is 1.32 bits per heavy atom. The fourth-order valence-electron chi connectivity index (χ4n) is 2.11. The standard InChI is InChI=1S/C12H14N2O4S/c15-10(8-3-4-9(18-8)11(16)17)14-12-13-7(5-19-12)6-1-2-6/h5-6,8-9H,1-4H2,(H,16,17)(H,13,14,15). The molecule has 3 rings (SSSR count). The normalized spacial score (nSPS) is 26.3. The van der Waals surface area contributed by atoms with Crippen LogP contribution in [0.4, 0.5) is 5.13 Å². The number of ether oxygens (including phenoxy) is 1. The number of thiazole rings is 1. The van der Waals surface area contributed by atoms with Gasteiger partial charge in [-0.25, -0.2) is 9.78 Å². The fraction of sp³-hybridized carbons (Fsp3) is 0.583. The molecule has 0 spiro atoms. The Morgan fingerprint density at radius 3 is 2.68 bits per heavy atom. The average Bonchev–Trinajstić information content (AvgIpc) is 2.92. The highest BCUT2D eigenvalue weighted by Gasteiger charge is 2.35. The number of rotatable bonds is 4. The van der Waals surface area contributed by atoms with E-state index in [2.05, 4.69) is 10.3 Å². The van der Waals surface area contributed by atoms with E-state index in [0.29, 0.717) is 23.9 Å². The van der Waals surface area contributed by atoms with Crippen LogP contribution in [-0.2, 0) is 14.3 Å². The van der Waals surface area contributed by atoms with Gasteiger partial charge in [-0.3, -0.25) is 10.1 Å². The molecule has 1 amide bonds. The van der Waals surface area contributed by atoms with E-state index >= 15 is 0 Å². The molecule has 1 aromatic rings. The zero-order valence-corrected chi connectivity index (χ0v) is 11.0. The molecule has 2 atom stereocenters. The van der Waals surface area contributed by atoms with Crippen molar-refractivity contribution in [1.29, 1.82) is 0 Å². The van der Waals surface area contributed by atoms with Crippen LogP contribution in [0, 0.1) is 0 Å². The van der Waals surface area contributed by atoms with Gasteiger partial charge in [0.1, 0.15) is 6.10 Å². The van der Waals surface area contributed by atoms with Crippen LogP contribution in [0.3, 0.4) is 0 Å². The Morgan fingerprint density at radius 2 is 2.05 bits per heavy atom. The summed E-state index contributed by atoms with van der Waals surface area (Å²) < 4.78 is 5.19. The number of anilines is 1. The van der Waals surface area contributed by atoms with Crippen LogP contribution < -0.4 is 5.32 Å². The molecule has 1 saturated heterocycles. The van der Waals surface area contributed by atoms with E-state index in [-0.39, 0.29) is 5.91 Å². The molecule has 102 valence electrons. The summed E-state index contributed by atoms with van der Waals surface area (Å²) in [6, 6.07) is 0. The fourth-order valence-corrected chi connectivity index (χ4v) is 2.90. The van der Waals surface area contributed by atoms with Crippen molar-refractivity contribution >= 4 is 28.3 Å².